The summed E-state index contributed by atoms with van der Waals surface area (Å²) in [6.45, 7) is 4.17. The molecule has 1 aliphatic carbocycles. The molecule has 3 rings (SSSR count). The van der Waals surface area contributed by atoms with Gasteiger partial charge in [0.1, 0.15) is 0 Å². The van der Waals surface area contributed by atoms with E-state index in [1.807, 2.05) is 6.07 Å². The summed E-state index contributed by atoms with van der Waals surface area (Å²) in [5, 5.41) is 9.57. The molecule has 1 N–H and O–H groups in total. The van der Waals surface area contributed by atoms with E-state index in [1.165, 1.54) is 0 Å². The van der Waals surface area contributed by atoms with E-state index in [9.17, 15) is 5.11 Å². The fourth-order valence-corrected chi connectivity index (χ4v) is 3.16. The molecule has 5 heteroatoms. The molecule has 1 aromatic heterocycles. The van der Waals surface area contributed by atoms with Gasteiger partial charge in [0.2, 0.25) is 5.95 Å². The number of anilines is 1. The van der Waals surface area contributed by atoms with E-state index in [4.69, 9.17) is 0 Å². The molecule has 0 amide bonds. The zero-order chi connectivity index (χ0) is 13.1. The van der Waals surface area contributed by atoms with Gasteiger partial charge in [0, 0.05) is 44.6 Å². The van der Waals surface area contributed by atoms with Crippen molar-refractivity contribution < 1.29 is 5.11 Å². The summed E-state index contributed by atoms with van der Waals surface area (Å²) >= 11 is 0. The van der Waals surface area contributed by atoms with Crippen molar-refractivity contribution in [3.8, 4) is 0 Å². The lowest BCUT2D eigenvalue weighted by molar-refractivity contribution is 0.0710. The van der Waals surface area contributed by atoms with Crippen molar-refractivity contribution in [3.05, 3.63) is 18.5 Å². The summed E-state index contributed by atoms with van der Waals surface area (Å²) in [4.78, 5) is 13.5. The minimum atomic E-state index is -0.0599. The lowest BCUT2D eigenvalue weighted by Crippen LogP contribution is -2.51. The van der Waals surface area contributed by atoms with E-state index in [1.54, 1.807) is 12.4 Å². The minimum absolute atomic E-state index is 0.0599. The van der Waals surface area contributed by atoms with Crippen LogP contribution < -0.4 is 4.90 Å². The second-order valence-corrected chi connectivity index (χ2v) is 5.53. The molecule has 1 saturated heterocycles. The summed E-state index contributed by atoms with van der Waals surface area (Å²) in [5.74, 6) is 0.848. The Hall–Kier alpha value is -1.20. The molecule has 104 valence electrons. The van der Waals surface area contributed by atoms with Crippen LogP contribution in [0.15, 0.2) is 18.5 Å². The molecule has 1 aliphatic heterocycles. The third-order valence-electron chi connectivity index (χ3n) is 4.33. The van der Waals surface area contributed by atoms with Crippen molar-refractivity contribution in [2.75, 3.05) is 31.1 Å². The maximum atomic E-state index is 9.57. The Morgan fingerprint density at radius 1 is 0.947 bits per heavy atom. The molecule has 2 heterocycles. The quantitative estimate of drug-likeness (QED) is 0.858. The summed E-state index contributed by atoms with van der Waals surface area (Å²) < 4.78 is 0. The fraction of sp³-hybridized carbons (Fsp3) is 0.714. The largest absolute Gasteiger partial charge is 0.393 e. The Bertz CT molecular complexity index is 384. The van der Waals surface area contributed by atoms with Crippen LogP contribution >= 0.6 is 0 Å². The topological polar surface area (TPSA) is 52.5 Å². The van der Waals surface area contributed by atoms with Crippen LogP contribution in [0.4, 0.5) is 5.95 Å². The summed E-state index contributed by atoms with van der Waals surface area (Å²) in [6.07, 6.45) is 7.76. The Balaban J connectivity index is 1.52. The molecule has 1 saturated carbocycles. The highest BCUT2D eigenvalue weighted by Crippen LogP contribution is 2.24. The van der Waals surface area contributed by atoms with E-state index in [0.717, 1.165) is 57.8 Å². The molecule has 0 spiro atoms. The van der Waals surface area contributed by atoms with Crippen LogP contribution in [0.25, 0.3) is 0 Å². The standard InChI is InChI=1S/C14H22N4O/c19-13-4-2-12(3-5-13)17-8-10-18(11-9-17)14-15-6-1-7-16-14/h1,6-7,12-13,19H,2-5,8-11H2. The smallest absolute Gasteiger partial charge is 0.225 e. The Labute approximate surface area is 114 Å². The Morgan fingerprint density at radius 3 is 2.21 bits per heavy atom. The normalized spacial score (nSPS) is 29.4. The summed E-state index contributed by atoms with van der Waals surface area (Å²) in [7, 11) is 0. The van der Waals surface area contributed by atoms with Gasteiger partial charge in [0.15, 0.2) is 0 Å². The molecule has 5 nitrogen and oxygen atoms in total. The van der Waals surface area contributed by atoms with Crippen LogP contribution in [0.2, 0.25) is 0 Å². The van der Waals surface area contributed by atoms with Gasteiger partial charge in [-0.15, -0.1) is 0 Å². The van der Waals surface area contributed by atoms with Crippen molar-refractivity contribution in [1.29, 1.82) is 0 Å². The highest BCUT2D eigenvalue weighted by atomic mass is 16.3. The average molecular weight is 262 g/mol. The fourth-order valence-electron chi connectivity index (χ4n) is 3.16. The first kappa shape index (κ1) is 12.8. The molecule has 0 radical (unpaired) electrons. The lowest BCUT2D eigenvalue weighted by atomic mass is 9.91. The number of hydrogen-bond donors (Lipinski definition) is 1. The van der Waals surface area contributed by atoms with Gasteiger partial charge < -0.3 is 10.0 Å². The second-order valence-electron chi connectivity index (χ2n) is 5.53. The molecule has 1 aromatic rings. The van der Waals surface area contributed by atoms with E-state index in [0.29, 0.717) is 6.04 Å². The van der Waals surface area contributed by atoms with E-state index in [-0.39, 0.29) is 6.10 Å². The highest BCUT2D eigenvalue weighted by Gasteiger charge is 2.28. The highest BCUT2D eigenvalue weighted by molar-refractivity contribution is 5.29. The summed E-state index contributed by atoms with van der Waals surface area (Å²) in [5.41, 5.74) is 0. The van der Waals surface area contributed by atoms with Crippen LogP contribution in [-0.4, -0.2) is 58.3 Å². The number of piperazine rings is 1. The summed E-state index contributed by atoms with van der Waals surface area (Å²) in [6, 6.07) is 2.52. The van der Waals surface area contributed by atoms with Crippen LogP contribution in [0, 0.1) is 0 Å². The zero-order valence-electron chi connectivity index (χ0n) is 11.3. The van der Waals surface area contributed by atoms with Crippen molar-refractivity contribution in [2.45, 2.75) is 37.8 Å². The van der Waals surface area contributed by atoms with E-state index in [2.05, 4.69) is 19.8 Å². The van der Waals surface area contributed by atoms with Crippen LogP contribution in [0.3, 0.4) is 0 Å². The number of aromatic nitrogens is 2. The predicted octanol–water partition coefficient (Wildman–Crippen LogP) is 0.902. The molecule has 0 atom stereocenters. The molecule has 2 aliphatic rings. The Morgan fingerprint density at radius 2 is 1.58 bits per heavy atom. The number of hydrogen-bond acceptors (Lipinski definition) is 5. The molecular formula is C14H22N4O. The lowest BCUT2D eigenvalue weighted by Gasteiger charge is -2.41. The number of nitrogens with zero attached hydrogens (tertiary/aromatic N) is 4. The van der Waals surface area contributed by atoms with Gasteiger partial charge >= 0.3 is 0 Å². The monoisotopic (exact) mass is 262 g/mol. The van der Waals surface area contributed by atoms with Gasteiger partial charge in [-0.1, -0.05) is 0 Å². The van der Waals surface area contributed by atoms with Crippen molar-refractivity contribution in [2.24, 2.45) is 0 Å². The third kappa shape index (κ3) is 3.04. The van der Waals surface area contributed by atoms with Crippen molar-refractivity contribution in [3.63, 3.8) is 0 Å². The molecule has 0 unspecified atom stereocenters. The first-order valence-electron chi connectivity index (χ1n) is 7.27. The number of aliphatic hydroxyl groups is 1. The van der Waals surface area contributed by atoms with Crippen molar-refractivity contribution >= 4 is 5.95 Å². The van der Waals surface area contributed by atoms with Gasteiger partial charge in [-0.2, -0.15) is 0 Å². The van der Waals surface area contributed by atoms with Crippen LogP contribution in [-0.2, 0) is 0 Å². The van der Waals surface area contributed by atoms with Crippen LogP contribution in [0.1, 0.15) is 25.7 Å². The predicted molar refractivity (Wildman–Crippen MR) is 74.1 cm³/mol. The maximum Gasteiger partial charge on any atom is 0.225 e. The average Bonchev–Trinajstić information content (AvgIpc) is 2.49. The molecule has 2 fully saturated rings. The zero-order valence-corrected chi connectivity index (χ0v) is 11.3. The van der Waals surface area contributed by atoms with Gasteiger partial charge in [-0.3, -0.25) is 4.90 Å². The first-order valence-corrected chi connectivity index (χ1v) is 7.27. The van der Waals surface area contributed by atoms with Gasteiger partial charge in [-0.05, 0) is 31.7 Å². The van der Waals surface area contributed by atoms with E-state index >= 15 is 0 Å². The molecule has 0 bridgehead atoms. The van der Waals surface area contributed by atoms with Gasteiger partial charge in [0.05, 0.1) is 6.10 Å². The number of aliphatic hydroxyl groups excluding tert-OH is 1. The third-order valence-corrected chi connectivity index (χ3v) is 4.33. The van der Waals surface area contributed by atoms with Gasteiger partial charge in [-0.25, -0.2) is 9.97 Å². The van der Waals surface area contributed by atoms with E-state index < -0.39 is 0 Å². The van der Waals surface area contributed by atoms with Crippen LogP contribution in [0.5, 0.6) is 0 Å². The number of rotatable bonds is 2. The second kappa shape index (κ2) is 5.84. The molecule has 19 heavy (non-hydrogen) atoms. The molecule has 0 aromatic carbocycles. The first-order chi connectivity index (χ1) is 9.33. The molecular weight excluding hydrogens is 240 g/mol. The van der Waals surface area contributed by atoms with Crippen molar-refractivity contribution in [1.82, 2.24) is 14.9 Å². The maximum absolute atomic E-state index is 9.57. The van der Waals surface area contributed by atoms with Gasteiger partial charge in [0.25, 0.3) is 0 Å². The Kier molecular flexibility index (Phi) is 3.94. The minimum Gasteiger partial charge on any atom is -0.393 e. The SMILES string of the molecule is OC1CCC(N2CCN(c3ncccn3)CC2)CC1.